The van der Waals surface area contributed by atoms with Gasteiger partial charge < -0.3 is 20.6 Å². The second kappa shape index (κ2) is 11.2. The number of nitrogens with one attached hydrogen (secondary N) is 2. The maximum Gasteiger partial charge on any atom is 0.255 e. The monoisotopic (exact) mass is 496 g/mol. The van der Waals surface area contributed by atoms with Crippen LogP contribution in [0.2, 0.25) is 0 Å². The number of aromatic nitrogens is 3. The average molecular weight is 497 g/mol. The minimum atomic E-state index is -0.199. The number of amides is 1. The highest BCUT2D eigenvalue weighted by Crippen LogP contribution is 2.34. The van der Waals surface area contributed by atoms with Gasteiger partial charge in [0.15, 0.2) is 0 Å². The Hall–Kier alpha value is -4.20. The van der Waals surface area contributed by atoms with Crippen LogP contribution in [0.15, 0.2) is 60.9 Å². The zero-order chi connectivity index (χ0) is 25.6. The van der Waals surface area contributed by atoms with Gasteiger partial charge >= 0.3 is 0 Å². The quantitative estimate of drug-likeness (QED) is 0.250. The van der Waals surface area contributed by atoms with Gasteiger partial charge in [0.1, 0.15) is 11.6 Å². The van der Waals surface area contributed by atoms with Gasteiger partial charge in [-0.2, -0.15) is 0 Å². The molecule has 8 heteroatoms. The molecular weight excluding hydrogens is 464 g/mol. The highest BCUT2D eigenvalue weighted by molar-refractivity contribution is 6.05. The lowest BCUT2D eigenvalue weighted by Gasteiger charge is -2.16. The number of anilines is 3. The zero-order valence-corrected chi connectivity index (χ0v) is 21.1. The molecule has 0 bridgehead atoms. The maximum atomic E-state index is 13.0. The molecule has 0 unspecified atom stereocenters. The van der Waals surface area contributed by atoms with Gasteiger partial charge in [-0.3, -0.25) is 4.79 Å². The number of aromatic hydroxyl groups is 1. The molecule has 4 aromatic rings. The molecule has 3 N–H and O–H groups in total. The summed E-state index contributed by atoms with van der Waals surface area (Å²) in [4.78, 5) is 28.6. The number of hydrogen-bond donors (Lipinski definition) is 3. The first kappa shape index (κ1) is 24.5. The second-order valence-corrected chi connectivity index (χ2v) is 9.39. The summed E-state index contributed by atoms with van der Waals surface area (Å²) in [6.07, 6.45) is 9.12. The molecule has 1 aliphatic heterocycles. The molecule has 1 saturated heterocycles. The lowest BCUT2D eigenvalue weighted by Crippen LogP contribution is -2.20. The third kappa shape index (κ3) is 5.80. The van der Waals surface area contributed by atoms with Crippen molar-refractivity contribution in [2.45, 2.75) is 39.0 Å². The van der Waals surface area contributed by atoms with E-state index in [-0.39, 0.29) is 11.7 Å². The van der Waals surface area contributed by atoms with E-state index in [2.05, 4.69) is 37.4 Å². The van der Waals surface area contributed by atoms with Gasteiger partial charge in [-0.25, -0.2) is 15.0 Å². The molecule has 5 rings (SSSR count). The van der Waals surface area contributed by atoms with Crippen LogP contribution in [0.5, 0.6) is 5.75 Å². The molecule has 2 aromatic carbocycles. The van der Waals surface area contributed by atoms with E-state index >= 15 is 0 Å². The lowest BCUT2D eigenvalue weighted by atomic mass is 10.0. The molecule has 8 nitrogen and oxygen atoms in total. The number of benzene rings is 2. The van der Waals surface area contributed by atoms with Crippen molar-refractivity contribution in [2.75, 3.05) is 35.2 Å². The predicted molar refractivity (Wildman–Crippen MR) is 148 cm³/mol. The van der Waals surface area contributed by atoms with Crippen molar-refractivity contribution in [3.8, 4) is 16.9 Å². The van der Waals surface area contributed by atoms with Crippen LogP contribution < -0.4 is 15.5 Å². The Morgan fingerprint density at radius 2 is 1.92 bits per heavy atom. The first-order chi connectivity index (χ1) is 18.1. The first-order valence-corrected chi connectivity index (χ1v) is 13.0. The Bertz CT molecular complexity index is 1400. The van der Waals surface area contributed by atoms with Gasteiger partial charge in [-0.1, -0.05) is 31.9 Å². The molecule has 2 aromatic heterocycles. The smallest absolute Gasteiger partial charge is 0.255 e. The van der Waals surface area contributed by atoms with Crippen LogP contribution in [0.3, 0.4) is 0 Å². The first-order valence-electron chi connectivity index (χ1n) is 13.0. The van der Waals surface area contributed by atoms with Crippen molar-refractivity contribution >= 4 is 34.3 Å². The minimum absolute atomic E-state index is 0.121. The highest BCUT2D eigenvalue weighted by Gasteiger charge is 2.16. The number of carbonyl (C=O) groups excluding carboxylic acids is 1. The van der Waals surface area contributed by atoms with E-state index in [4.69, 9.17) is 0 Å². The number of hydrogen-bond acceptors (Lipinski definition) is 7. The summed E-state index contributed by atoms with van der Waals surface area (Å²) >= 11 is 0. The third-order valence-corrected chi connectivity index (χ3v) is 6.63. The van der Waals surface area contributed by atoms with E-state index < -0.39 is 0 Å². The zero-order valence-electron chi connectivity index (χ0n) is 21.1. The van der Waals surface area contributed by atoms with Crippen molar-refractivity contribution < 1.29 is 9.90 Å². The SMILES string of the molecule is CCCCCNc1ncc2cc(-c3cccc(NC(=O)c4ccnc(N5CCCC5)c4)c3)c(O)cc2n1. The van der Waals surface area contributed by atoms with E-state index in [1.165, 1.54) is 0 Å². The third-order valence-electron chi connectivity index (χ3n) is 6.63. The van der Waals surface area contributed by atoms with Gasteiger partial charge in [0.05, 0.1) is 5.52 Å². The van der Waals surface area contributed by atoms with Crippen LogP contribution in [0.4, 0.5) is 17.5 Å². The lowest BCUT2D eigenvalue weighted by molar-refractivity contribution is 0.102. The Morgan fingerprint density at radius 3 is 2.76 bits per heavy atom. The average Bonchev–Trinajstić information content (AvgIpc) is 3.46. The molecule has 1 fully saturated rings. The minimum Gasteiger partial charge on any atom is -0.507 e. The summed E-state index contributed by atoms with van der Waals surface area (Å²) in [6, 6.07) is 14.5. The van der Waals surface area contributed by atoms with Crippen LogP contribution in [0, 0.1) is 0 Å². The van der Waals surface area contributed by atoms with Crippen LogP contribution >= 0.6 is 0 Å². The molecule has 0 spiro atoms. The van der Waals surface area contributed by atoms with Gasteiger partial charge in [-0.15, -0.1) is 0 Å². The highest BCUT2D eigenvalue weighted by atomic mass is 16.3. The molecule has 190 valence electrons. The summed E-state index contributed by atoms with van der Waals surface area (Å²) in [6.45, 7) is 4.93. The predicted octanol–water partition coefficient (Wildman–Crippen LogP) is 5.85. The second-order valence-electron chi connectivity index (χ2n) is 9.39. The topological polar surface area (TPSA) is 103 Å². The van der Waals surface area contributed by atoms with E-state index in [1.54, 1.807) is 24.5 Å². The Labute approximate surface area is 216 Å². The van der Waals surface area contributed by atoms with Crippen LogP contribution in [0.25, 0.3) is 22.0 Å². The fourth-order valence-corrected chi connectivity index (χ4v) is 4.61. The van der Waals surface area contributed by atoms with Crippen molar-refractivity contribution in [1.29, 1.82) is 0 Å². The fraction of sp³-hybridized carbons (Fsp3) is 0.310. The van der Waals surface area contributed by atoms with Crippen molar-refractivity contribution in [2.24, 2.45) is 0 Å². The number of rotatable bonds is 9. The number of unbranched alkanes of at least 4 members (excludes halogenated alkanes) is 2. The molecule has 37 heavy (non-hydrogen) atoms. The normalized spacial score (nSPS) is 13.2. The molecular formula is C29H32N6O2. The van der Waals surface area contributed by atoms with E-state index in [1.807, 2.05) is 36.4 Å². The molecule has 0 radical (unpaired) electrons. The van der Waals surface area contributed by atoms with Crippen molar-refractivity contribution in [3.05, 3.63) is 66.5 Å². The van der Waals surface area contributed by atoms with E-state index in [0.29, 0.717) is 28.3 Å². The van der Waals surface area contributed by atoms with Gasteiger partial charge in [0, 0.05) is 60.3 Å². The number of carbonyl (C=O) groups is 1. The summed E-state index contributed by atoms with van der Waals surface area (Å²) in [7, 11) is 0. The molecule has 1 aliphatic rings. The summed E-state index contributed by atoms with van der Waals surface area (Å²) in [5.74, 6) is 1.32. The molecule has 0 aliphatic carbocycles. The fourth-order valence-electron chi connectivity index (χ4n) is 4.61. The van der Waals surface area contributed by atoms with Crippen LogP contribution in [0.1, 0.15) is 49.4 Å². The number of nitrogens with zero attached hydrogens (tertiary/aromatic N) is 4. The van der Waals surface area contributed by atoms with Gasteiger partial charge in [0.2, 0.25) is 5.95 Å². The maximum absolute atomic E-state index is 13.0. The number of pyridine rings is 1. The summed E-state index contributed by atoms with van der Waals surface area (Å²) < 4.78 is 0. The Balaban J connectivity index is 1.33. The number of phenols is 1. The largest absolute Gasteiger partial charge is 0.507 e. The van der Waals surface area contributed by atoms with Crippen molar-refractivity contribution in [1.82, 2.24) is 15.0 Å². The van der Waals surface area contributed by atoms with Crippen LogP contribution in [-0.2, 0) is 0 Å². The van der Waals surface area contributed by atoms with Crippen molar-refractivity contribution in [3.63, 3.8) is 0 Å². The molecule has 0 saturated carbocycles. The molecule has 3 heterocycles. The number of fused-ring (bicyclic) bond motifs is 1. The Kier molecular flexibility index (Phi) is 7.44. The van der Waals surface area contributed by atoms with Gasteiger partial charge in [-0.05, 0) is 55.2 Å². The number of phenolic OH excluding ortho intramolecular Hbond substituents is 1. The molecule has 0 atom stereocenters. The summed E-state index contributed by atoms with van der Waals surface area (Å²) in [5.41, 5.74) is 3.31. The van der Waals surface area contributed by atoms with Crippen LogP contribution in [-0.4, -0.2) is 45.6 Å². The molecule has 1 amide bonds. The Morgan fingerprint density at radius 1 is 1.05 bits per heavy atom. The standard InChI is InChI=1S/C29H32N6O2/c1-2-3-4-11-31-29-32-19-22-16-24(26(36)18-25(22)34-29)20-8-7-9-23(15-20)33-28(37)21-10-12-30-27(17-21)35-13-5-6-14-35/h7-10,12,15-19,36H,2-6,11,13-14H2,1H3,(H,33,37)(H,31,32,34). The van der Waals surface area contributed by atoms with E-state index in [9.17, 15) is 9.90 Å². The van der Waals surface area contributed by atoms with Gasteiger partial charge in [0.25, 0.3) is 5.91 Å². The van der Waals surface area contributed by atoms with E-state index in [0.717, 1.165) is 68.5 Å². The summed E-state index contributed by atoms with van der Waals surface area (Å²) in [5, 5.41) is 17.9.